The highest BCUT2D eigenvalue weighted by atomic mass is 35.5. The lowest BCUT2D eigenvalue weighted by Crippen LogP contribution is -1.64. The molecule has 0 aliphatic rings. The van der Waals surface area contributed by atoms with E-state index < -0.39 is 0 Å². The minimum atomic E-state index is 0.640. The maximum atomic E-state index is 5.63. The van der Waals surface area contributed by atoms with Gasteiger partial charge in [0.25, 0.3) is 0 Å². The zero-order valence-electron chi connectivity index (χ0n) is 6.10. The number of rotatable bonds is 3. The lowest BCUT2D eigenvalue weighted by molar-refractivity contribution is 1.53. The van der Waals surface area contributed by atoms with E-state index in [1.165, 1.54) is 0 Å². The third kappa shape index (κ3) is 4.16. The van der Waals surface area contributed by atoms with Crippen molar-refractivity contribution in [3.05, 3.63) is 48.1 Å². The van der Waals surface area contributed by atoms with Crippen LogP contribution in [0.2, 0.25) is 0 Å². The average molecular weight is 155 g/mol. The first-order chi connectivity index (χ1) is 4.70. The van der Waals surface area contributed by atoms with Crippen molar-refractivity contribution in [2.45, 2.75) is 6.92 Å². The Morgan fingerprint density at radius 3 is 2.20 bits per heavy atom. The second kappa shape index (κ2) is 5.07. The van der Waals surface area contributed by atoms with Gasteiger partial charge >= 0.3 is 0 Å². The van der Waals surface area contributed by atoms with Crippen LogP contribution in [-0.4, -0.2) is 0 Å². The smallest absolute Gasteiger partial charge is 0.0400 e. The molecule has 0 spiro atoms. The molecule has 0 amide bonds. The van der Waals surface area contributed by atoms with Crippen LogP contribution in [-0.2, 0) is 0 Å². The first kappa shape index (κ1) is 9.25. The summed E-state index contributed by atoms with van der Waals surface area (Å²) in [6.07, 6.45) is 7.03. The van der Waals surface area contributed by atoms with Gasteiger partial charge in [-0.1, -0.05) is 48.6 Å². The van der Waals surface area contributed by atoms with Crippen molar-refractivity contribution < 1.29 is 0 Å². The van der Waals surface area contributed by atoms with E-state index in [0.717, 1.165) is 5.57 Å². The quantitative estimate of drug-likeness (QED) is 0.547. The van der Waals surface area contributed by atoms with Crippen LogP contribution in [0, 0.1) is 0 Å². The van der Waals surface area contributed by atoms with E-state index in [9.17, 15) is 0 Å². The highest BCUT2D eigenvalue weighted by Gasteiger charge is 1.79. The van der Waals surface area contributed by atoms with Crippen LogP contribution in [0.3, 0.4) is 0 Å². The van der Waals surface area contributed by atoms with Crippen LogP contribution in [0.5, 0.6) is 0 Å². The summed E-state index contributed by atoms with van der Waals surface area (Å²) in [4.78, 5) is 0. The van der Waals surface area contributed by atoms with Crippen molar-refractivity contribution in [2.75, 3.05) is 0 Å². The molecule has 0 N–H and O–H groups in total. The molecule has 0 aromatic carbocycles. The molecule has 54 valence electrons. The van der Waals surface area contributed by atoms with Crippen LogP contribution in [0.25, 0.3) is 0 Å². The third-order valence-electron chi connectivity index (χ3n) is 1.02. The fraction of sp³-hybridized carbons (Fsp3) is 0.111. The standard InChI is InChI=1S/C9H11Cl/c1-4-8(3)6-7-9(10)5-2/h4-7H,1-2H2,3H3/b8-6-,9-7+. The Morgan fingerprint density at radius 2 is 1.80 bits per heavy atom. The summed E-state index contributed by atoms with van der Waals surface area (Å²) in [5.41, 5.74) is 1.08. The SMILES string of the molecule is C=C/C(C)=C\C=C(\Cl)C=C. The summed E-state index contributed by atoms with van der Waals surface area (Å²) in [5.74, 6) is 0. The molecule has 0 unspecified atom stereocenters. The van der Waals surface area contributed by atoms with Gasteiger partial charge in [0, 0.05) is 5.03 Å². The first-order valence-electron chi connectivity index (χ1n) is 2.99. The normalized spacial score (nSPS) is 13.0. The summed E-state index contributed by atoms with van der Waals surface area (Å²) >= 11 is 5.63. The summed E-state index contributed by atoms with van der Waals surface area (Å²) in [5, 5.41) is 0.640. The molecule has 0 aromatic rings. The minimum absolute atomic E-state index is 0.640. The molecule has 0 fully saturated rings. The van der Waals surface area contributed by atoms with Gasteiger partial charge in [-0.3, -0.25) is 0 Å². The Kier molecular flexibility index (Phi) is 4.69. The number of hydrogen-bond acceptors (Lipinski definition) is 0. The third-order valence-corrected chi connectivity index (χ3v) is 1.30. The number of allylic oxidation sites excluding steroid dienone is 6. The second-order valence-corrected chi connectivity index (χ2v) is 2.31. The van der Waals surface area contributed by atoms with Gasteiger partial charge < -0.3 is 0 Å². The Labute approximate surface area is 67.2 Å². The zero-order chi connectivity index (χ0) is 7.98. The topological polar surface area (TPSA) is 0 Å². The van der Waals surface area contributed by atoms with Gasteiger partial charge in [0.2, 0.25) is 0 Å². The Balaban J connectivity index is 4.16. The molecule has 0 saturated carbocycles. The van der Waals surface area contributed by atoms with Crippen LogP contribution < -0.4 is 0 Å². The highest BCUT2D eigenvalue weighted by Crippen LogP contribution is 2.03. The van der Waals surface area contributed by atoms with Gasteiger partial charge in [0.15, 0.2) is 0 Å². The predicted molar refractivity (Wildman–Crippen MR) is 48.1 cm³/mol. The van der Waals surface area contributed by atoms with Crippen molar-refractivity contribution in [1.29, 1.82) is 0 Å². The summed E-state index contributed by atoms with van der Waals surface area (Å²) < 4.78 is 0. The van der Waals surface area contributed by atoms with Gasteiger partial charge in [-0.05, 0) is 13.0 Å². The molecule has 0 radical (unpaired) electrons. The Hall–Kier alpha value is -0.750. The molecule has 0 aromatic heterocycles. The zero-order valence-corrected chi connectivity index (χ0v) is 6.86. The van der Waals surface area contributed by atoms with Gasteiger partial charge in [0.1, 0.15) is 0 Å². The lowest BCUT2D eigenvalue weighted by Gasteiger charge is -1.85. The minimum Gasteiger partial charge on any atom is -0.0988 e. The molecule has 0 atom stereocenters. The van der Waals surface area contributed by atoms with Crippen molar-refractivity contribution in [3.63, 3.8) is 0 Å². The summed E-state index contributed by atoms with van der Waals surface area (Å²) in [6, 6.07) is 0. The van der Waals surface area contributed by atoms with E-state index in [1.807, 2.05) is 13.0 Å². The summed E-state index contributed by atoms with van der Waals surface area (Å²) in [6.45, 7) is 9.06. The van der Waals surface area contributed by atoms with E-state index in [-0.39, 0.29) is 0 Å². The number of hydrogen-bond donors (Lipinski definition) is 0. The molecule has 0 bridgehead atoms. The highest BCUT2D eigenvalue weighted by molar-refractivity contribution is 6.31. The van der Waals surface area contributed by atoms with Crippen molar-refractivity contribution in [3.8, 4) is 0 Å². The van der Waals surface area contributed by atoms with Crippen LogP contribution in [0.4, 0.5) is 0 Å². The maximum absolute atomic E-state index is 5.63. The van der Waals surface area contributed by atoms with Gasteiger partial charge in [-0.15, -0.1) is 0 Å². The van der Waals surface area contributed by atoms with Gasteiger partial charge in [-0.2, -0.15) is 0 Å². The lowest BCUT2D eigenvalue weighted by atomic mass is 10.3. The maximum Gasteiger partial charge on any atom is 0.0400 e. The van der Waals surface area contributed by atoms with E-state index in [0.29, 0.717) is 5.03 Å². The Morgan fingerprint density at radius 1 is 1.20 bits per heavy atom. The molecular weight excluding hydrogens is 144 g/mol. The van der Waals surface area contributed by atoms with Gasteiger partial charge in [0.05, 0.1) is 0 Å². The molecule has 0 nitrogen and oxygen atoms in total. The number of halogens is 1. The Bertz CT molecular complexity index is 163. The molecule has 10 heavy (non-hydrogen) atoms. The molecule has 0 aliphatic heterocycles. The van der Waals surface area contributed by atoms with E-state index in [2.05, 4.69) is 13.2 Å². The van der Waals surface area contributed by atoms with Crippen LogP contribution in [0.15, 0.2) is 48.1 Å². The molecule has 0 heterocycles. The largest absolute Gasteiger partial charge is 0.0988 e. The monoisotopic (exact) mass is 154 g/mol. The van der Waals surface area contributed by atoms with Gasteiger partial charge in [-0.25, -0.2) is 0 Å². The van der Waals surface area contributed by atoms with Crippen molar-refractivity contribution >= 4 is 11.6 Å². The molecule has 0 saturated heterocycles. The second-order valence-electron chi connectivity index (χ2n) is 1.87. The van der Waals surface area contributed by atoms with E-state index in [4.69, 9.17) is 11.6 Å². The first-order valence-corrected chi connectivity index (χ1v) is 3.37. The molecule has 0 aliphatic carbocycles. The van der Waals surface area contributed by atoms with E-state index >= 15 is 0 Å². The van der Waals surface area contributed by atoms with Crippen molar-refractivity contribution in [2.24, 2.45) is 0 Å². The van der Waals surface area contributed by atoms with Crippen LogP contribution >= 0.6 is 11.6 Å². The fourth-order valence-electron chi connectivity index (χ4n) is 0.347. The molecule has 0 rings (SSSR count). The van der Waals surface area contributed by atoms with E-state index in [1.54, 1.807) is 18.2 Å². The van der Waals surface area contributed by atoms with Crippen LogP contribution in [0.1, 0.15) is 6.92 Å². The average Bonchev–Trinajstić information content (AvgIpc) is 1.99. The predicted octanol–water partition coefficient (Wildman–Crippen LogP) is 3.43. The molecule has 1 heteroatoms. The summed E-state index contributed by atoms with van der Waals surface area (Å²) in [7, 11) is 0. The fourth-order valence-corrected chi connectivity index (χ4v) is 0.410. The molecular formula is C9H11Cl. The van der Waals surface area contributed by atoms with Crippen molar-refractivity contribution in [1.82, 2.24) is 0 Å².